The summed E-state index contributed by atoms with van der Waals surface area (Å²) in [4.78, 5) is 9.72. The minimum Gasteiger partial charge on any atom is -0.382 e. The predicted molar refractivity (Wildman–Crippen MR) is 74.5 cm³/mol. The lowest BCUT2D eigenvalue weighted by Crippen LogP contribution is -2.19. The zero-order valence-corrected chi connectivity index (χ0v) is 11.5. The van der Waals surface area contributed by atoms with Gasteiger partial charge < -0.3 is 5.11 Å². The summed E-state index contributed by atoms with van der Waals surface area (Å²) in [5.74, 6) is 0.439. The number of hydrogen-bond acceptors (Lipinski definition) is 4. The van der Waals surface area contributed by atoms with Crippen LogP contribution in [0.5, 0.6) is 0 Å². The summed E-state index contributed by atoms with van der Waals surface area (Å²) in [6.07, 6.45) is 3.73. The maximum atomic E-state index is 9.91. The lowest BCUT2D eigenvalue weighted by atomic mass is 10.1. The van der Waals surface area contributed by atoms with Crippen LogP contribution in [0.2, 0.25) is 0 Å². The number of thioether (sulfide) groups is 1. The van der Waals surface area contributed by atoms with Gasteiger partial charge >= 0.3 is 0 Å². The van der Waals surface area contributed by atoms with Gasteiger partial charge in [0.1, 0.15) is 5.60 Å². The molecule has 0 aliphatic carbocycles. The van der Waals surface area contributed by atoms with Crippen molar-refractivity contribution < 1.29 is 5.11 Å². The normalized spacial score (nSPS) is 11.6. The Morgan fingerprint density at radius 1 is 1.11 bits per heavy atom. The van der Waals surface area contributed by atoms with E-state index >= 15 is 0 Å². The molecule has 1 aromatic carbocycles. The fourth-order valence-corrected chi connectivity index (χ4v) is 1.98. The van der Waals surface area contributed by atoms with Crippen LogP contribution < -0.4 is 0 Å². The largest absolute Gasteiger partial charge is 0.382 e. The Balaban J connectivity index is 2.38. The van der Waals surface area contributed by atoms with Crippen molar-refractivity contribution in [3.63, 3.8) is 0 Å². The number of aromatic nitrogens is 2. The zero-order chi connectivity index (χ0) is 13.2. The van der Waals surface area contributed by atoms with Crippen LogP contribution >= 0.6 is 11.8 Å². The SMILES string of the molecule is CSc1ccc(-c2ccnc(C(C)(C)O)n2)cc1. The molecule has 0 saturated heterocycles. The highest BCUT2D eigenvalue weighted by atomic mass is 32.2. The highest BCUT2D eigenvalue weighted by Crippen LogP contribution is 2.23. The second-order valence-corrected chi connectivity index (χ2v) is 5.43. The molecule has 0 amide bonds. The van der Waals surface area contributed by atoms with Gasteiger partial charge in [0.05, 0.1) is 5.69 Å². The van der Waals surface area contributed by atoms with Crippen molar-refractivity contribution in [3.05, 3.63) is 42.4 Å². The van der Waals surface area contributed by atoms with Gasteiger partial charge in [0, 0.05) is 16.7 Å². The van der Waals surface area contributed by atoms with E-state index < -0.39 is 5.60 Å². The first-order valence-electron chi connectivity index (χ1n) is 5.71. The minimum atomic E-state index is -1.02. The van der Waals surface area contributed by atoms with Crippen LogP contribution in [-0.4, -0.2) is 21.3 Å². The van der Waals surface area contributed by atoms with E-state index in [0.717, 1.165) is 11.3 Å². The topological polar surface area (TPSA) is 46.0 Å². The van der Waals surface area contributed by atoms with Crippen molar-refractivity contribution >= 4 is 11.8 Å². The van der Waals surface area contributed by atoms with Crippen molar-refractivity contribution in [2.75, 3.05) is 6.26 Å². The van der Waals surface area contributed by atoms with Gasteiger partial charge in [-0.3, -0.25) is 0 Å². The molecule has 3 nitrogen and oxygen atoms in total. The molecule has 0 bridgehead atoms. The zero-order valence-electron chi connectivity index (χ0n) is 10.7. The standard InChI is InChI=1S/C14H16N2OS/c1-14(2,17)13-15-9-8-12(16-13)10-4-6-11(18-3)7-5-10/h4-9,17H,1-3H3. The van der Waals surface area contributed by atoms with Crippen LogP contribution in [0.1, 0.15) is 19.7 Å². The van der Waals surface area contributed by atoms with E-state index in [9.17, 15) is 5.11 Å². The maximum absolute atomic E-state index is 9.91. The molecule has 1 aromatic heterocycles. The summed E-state index contributed by atoms with van der Waals surface area (Å²) in [5, 5.41) is 9.91. The average Bonchev–Trinajstić information content (AvgIpc) is 2.38. The van der Waals surface area contributed by atoms with Crippen LogP contribution in [0.15, 0.2) is 41.4 Å². The van der Waals surface area contributed by atoms with Gasteiger partial charge in [-0.05, 0) is 38.3 Å². The molecule has 0 atom stereocenters. The van der Waals surface area contributed by atoms with Gasteiger partial charge in [0.25, 0.3) is 0 Å². The summed E-state index contributed by atoms with van der Waals surface area (Å²) in [7, 11) is 0. The Kier molecular flexibility index (Phi) is 3.68. The molecule has 2 aromatic rings. The minimum absolute atomic E-state index is 0.439. The number of rotatable bonds is 3. The molecule has 18 heavy (non-hydrogen) atoms. The fourth-order valence-electron chi connectivity index (χ4n) is 1.58. The Morgan fingerprint density at radius 2 is 1.78 bits per heavy atom. The van der Waals surface area contributed by atoms with E-state index in [0.29, 0.717) is 5.82 Å². The molecule has 0 fully saturated rings. The first-order valence-corrected chi connectivity index (χ1v) is 6.93. The van der Waals surface area contributed by atoms with Crippen molar-refractivity contribution in [3.8, 4) is 11.3 Å². The second kappa shape index (κ2) is 5.08. The van der Waals surface area contributed by atoms with Crippen LogP contribution in [0.3, 0.4) is 0 Å². The molecule has 1 heterocycles. The van der Waals surface area contributed by atoms with Gasteiger partial charge in [0.15, 0.2) is 5.82 Å². The van der Waals surface area contributed by atoms with Gasteiger partial charge in [0.2, 0.25) is 0 Å². The Bertz CT molecular complexity index is 532. The third-order valence-corrected chi connectivity index (χ3v) is 3.33. The molecular weight excluding hydrogens is 244 g/mol. The van der Waals surface area contributed by atoms with Gasteiger partial charge in [-0.25, -0.2) is 9.97 Å². The highest BCUT2D eigenvalue weighted by Gasteiger charge is 2.19. The van der Waals surface area contributed by atoms with Crippen LogP contribution in [-0.2, 0) is 5.60 Å². The van der Waals surface area contributed by atoms with Gasteiger partial charge in [-0.1, -0.05) is 12.1 Å². The first-order chi connectivity index (χ1) is 8.50. The second-order valence-electron chi connectivity index (χ2n) is 4.55. The molecule has 0 spiro atoms. The van der Waals surface area contributed by atoms with E-state index in [4.69, 9.17) is 0 Å². The number of benzene rings is 1. The lowest BCUT2D eigenvalue weighted by molar-refractivity contribution is 0.0688. The Labute approximate surface area is 111 Å². The van der Waals surface area contributed by atoms with Crippen LogP contribution in [0.25, 0.3) is 11.3 Å². The fraction of sp³-hybridized carbons (Fsp3) is 0.286. The summed E-state index contributed by atoms with van der Waals surface area (Å²) in [5.41, 5.74) is 0.838. The summed E-state index contributed by atoms with van der Waals surface area (Å²) < 4.78 is 0. The third kappa shape index (κ3) is 2.89. The quantitative estimate of drug-likeness (QED) is 0.861. The monoisotopic (exact) mass is 260 g/mol. The maximum Gasteiger partial charge on any atom is 0.159 e. The molecule has 0 radical (unpaired) electrons. The molecule has 4 heteroatoms. The summed E-state index contributed by atoms with van der Waals surface area (Å²) in [6.45, 7) is 3.37. The van der Waals surface area contributed by atoms with Crippen LogP contribution in [0.4, 0.5) is 0 Å². The number of nitrogens with zero attached hydrogens (tertiary/aromatic N) is 2. The molecule has 0 unspecified atom stereocenters. The highest BCUT2D eigenvalue weighted by molar-refractivity contribution is 7.98. The van der Waals surface area contributed by atoms with E-state index in [1.54, 1.807) is 31.8 Å². The van der Waals surface area contributed by atoms with E-state index in [2.05, 4.69) is 22.1 Å². The number of hydrogen-bond donors (Lipinski definition) is 1. The number of aliphatic hydroxyl groups is 1. The molecular formula is C14H16N2OS. The third-order valence-electron chi connectivity index (χ3n) is 2.59. The molecule has 94 valence electrons. The van der Waals surface area contributed by atoms with Gasteiger partial charge in [-0.2, -0.15) is 0 Å². The van der Waals surface area contributed by atoms with Crippen molar-refractivity contribution in [2.24, 2.45) is 0 Å². The molecule has 0 aliphatic rings. The lowest BCUT2D eigenvalue weighted by Gasteiger charge is -2.15. The van der Waals surface area contributed by atoms with Gasteiger partial charge in [-0.15, -0.1) is 11.8 Å². The predicted octanol–water partition coefficient (Wildman–Crippen LogP) is 3.09. The van der Waals surface area contributed by atoms with Crippen molar-refractivity contribution in [2.45, 2.75) is 24.3 Å². The summed E-state index contributed by atoms with van der Waals surface area (Å²) >= 11 is 1.71. The molecule has 1 N–H and O–H groups in total. The first kappa shape index (κ1) is 13.1. The average molecular weight is 260 g/mol. The molecule has 0 aliphatic heterocycles. The van der Waals surface area contributed by atoms with E-state index in [1.165, 1.54) is 4.90 Å². The Hall–Kier alpha value is -1.39. The van der Waals surface area contributed by atoms with E-state index in [-0.39, 0.29) is 0 Å². The molecule has 2 rings (SSSR count). The summed E-state index contributed by atoms with van der Waals surface area (Å²) in [6, 6.07) is 10.0. The van der Waals surface area contributed by atoms with Crippen molar-refractivity contribution in [1.29, 1.82) is 0 Å². The molecule has 0 saturated carbocycles. The van der Waals surface area contributed by atoms with Crippen LogP contribution in [0, 0.1) is 0 Å². The Morgan fingerprint density at radius 3 is 2.33 bits per heavy atom. The van der Waals surface area contributed by atoms with Crippen molar-refractivity contribution in [1.82, 2.24) is 9.97 Å². The smallest absolute Gasteiger partial charge is 0.159 e. The van der Waals surface area contributed by atoms with E-state index in [1.807, 2.05) is 24.5 Å².